The number of hydrogen-bond donors (Lipinski definition) is 1. The molecule has 0 amide bonds. The second kappa shape index (κ2) is 4.59. The van der Waals surface area contributed by atoms with E-state index < -0.39 is 35.0 Å². The quantitative estimate of drug-likeness (QED) is 0.660. The van der Waals surface area contributed by atoms with Crippen LogP contribution >= 0.6 is 0 Å². The van der Waals surface area contributed by atoms with Gasteiger partial charge in [0, 0.05) is 17.8 Å². The van der Waals surface area contributed by atoms with Crippen molar-refractivity contribution in [2.75, 3.05) is 5.32 Å². The molecule has 2 nitrogen and oxygen atoms in total. The molecule has 0 aliphatic rings. The Bertz CT molecular complexity index is 580. The fourth-order valence-electron chi connectivity index (χ4n) is 1.29. The Morgan fingerprint density at radius 2 is 1.39 bits per heavy atom. The molecule has 1 aromatic carbocycles. The maximum absolute atomic E-state index is 13.2. The van der Waals surface area contributed by atoms with Gasteiger partial charge in [-0.25, -0.2) is 17.6 Å². The number of benzene rings is 1. The number of rotatable bonds is 2. The lowest BCUT2D eigenvalue weighted by atomic mass is 10.3. The number of halogens is 5. The smallest absolute Gasteiger partial charge is 0.251 e. The molecule has 1 heterocycles. The fourth-order valence-corrected chi connectivity index (χ4v) is 1.29. The molecule has 2 aromatic rings. The van der Waals surface area contributed by atoms with Crippen LogP contribution in [0.5, 0.6) is 0 Å². The van der Waals surface area contributed by atoms with Crippen molar-refractivity contribution < 1.29 is 22.0 Å². The molecular formula is C11H5F5N2. The summed E-state index contributed by atoms with van der Waals surface area (Å²) >= 11 is 0. The molecule has 0 unspecified atom stereocenters. The molecule has 1 N–H and O–H groups in total. The Balaban J connectivity index is 2.36. The number of nitrogens with one attached hydrogen (secondary N) is 1. The predicted molar refractivity (Wildman–Crippen MR) is 53.8 cm³/mol. The van der Waals surface area contributed by atoms with Crippen LogP contribution in [0.15, 0.2) is 24.3 Å². The Kier molecular flexibility index (Phi) is 3.14. The van der Waals surface area contributed by atoms with E-state index in [9.17, 15) is 22.0 Å². The molecule has 0 spiro atoms. The lowest BCUT2D eigenvalue weighted by molar-refractivity contribution is 0.467. The van der Waals surface area contributed by atoms with E-state index in [-0.39, 0.29) is 11.8 Å². The van der Waals surface area contributed by atoms with E-state index >= 15 is 0 Å². The SMILES string of the molecule is Fc1cc(F)cc(Nc2nc(F)c(F)cc2F)c1. The minimum atomic E-state index is -1.52. The fraction of sp³-hybridized carbons (Fsp3) is 0. The van der Waals surface area contributed by atoms with Gasteiger partial charge in [-0.05, 0) is 12.1 Å². The Hall–Kier alpha value is -2.18. The molecule has 0 aliphatic carbocycles. The molecule has 0 bridgehead atoms. The lowest BCUT2D eigenvalue weighted by Crippen LogP contribution is -2.02. The Morgan fingerprint density at radius 1 is 0.778 bits per heavy atom. The third-order valence-corrected chi connectivity index (χ3v) is 2.01. The minimum Gasteiger partial charge on any atom is -0.338 e. The van der Waals surface area contributed by atoms with Gasteiger partial charge < -0.3 is 5.32 Å². The van der Waals surface area contributed by atoms with Crippen molar-refractivity contribution in [2.24, 2.45) is 0 Å². The zero-order valence-electron chi connectivity index (χ0n) is 8.65. The van der Waals surface area contributed by atoms with Crippen molar-refractivity contribution in [3.8, 4) is 0 Å². The second-order valence-corrected chi connectivity index (χ2v) is 3.37. The highest BCUT2D eigenvalue weighted by atomic mass is 19.2. The van der Waals surface area contributed by atoms with E-state index in [1.165, 1.54) is 0 Å². The zero-order chi connectivity index (χ0) is 13.3. The second-order valence-electron chi connectivity index (χ2n) is 3.37. The van der Waals surface area contributed by atoms with Gasteiger partial charge in [0.2, 0.25) is 0 Å². The third-order valence-electron chi connectivity index (χ3n) is 2.01. The van der Waals surface area contributed by atoms with Gasteiger partial charge in [-0.3, -0.25) is 0 Å². The van der Waals surface area contributed by atoms with Crippen molar-refractivity contribution in [3.05, 3.63) is 53.5 Å². The number of pyridine rings is 1. The Labute approximate surface area is 98.1 Å². The van der Waals surface area contributed by atoms with E-state index in [2.05, 4.69) is 10.3 Å². The average molecular weight is 260 g/mol. The van der Waals surface area contributed by atoms with E-state index in [1.54, 1.807) is 0 Å². The summed E-state index contributed by atoms with van der Waals surface area (Å²) in [6.07, 6.45) is 0. The summed E-state index contributed by atoms with van der Waals surface area (Å²) in [5.41, 5.74) is -0.176. The predicted octanol–water partition coefficient (Wildman–Crippen LogP) is 3.52. The van der Waals surface area contributed by atoms with E-state index in [0.29, 0.717) is 6.07 Å². The molecule has 2 rings (SSSR count). The van der Waals surface area contributed by atoms with Crippen LogP contribution in [0.3, 0.4) is 0 Å². The average Bonchev–Trinajstić information content (AvgIpc) is 2.24. The molecule has 0 saturated heterocycles. The van der Waals surface area contributed by atoms with Crippen LogP contribution < -0.4 is 5.32 Å². The van der Waals surface area contributed by atoms with Crippen LogP contribution in [0.25, 0.3) is 0 Å². The van der Waals surface area contributed by atoms with Crippen LogP contribution in [0, 0.1) is 29.2 Å². The van der Waals surface area contributed by atoms with Crippen LogP contribution in [-0.4, -0.2) is 4.98 Å². The van der Waals surface area contributed by atoms with Gasteiger partial charge in [-0.1, -0.05) is 0 Å². The maximum Gasteiger partial charge on any atom is 0.251 e. The minimum absolute atomic E-state index is 0.176. The summed E-state index contributed by atoms with van der Waals surface area (Å²) in [5, 5.41) is 2.15. The van der Waals surface area contributed by atoms with Crippen LogP contribution in [0.1, 0.15) is 0 Å². The largest absolute Gasteiger partial charge is 0.338 e. The Morgan fingerprint density at radius 3 is 2.00 bits per heavy atom. The van der Waals surface area contributed by atoms with Gasteiger partial charge in [0.1, 0.15) is 11.6 Å². The summed E-state index contributed by atoms with van der Waals surface area (Å²) < 4.78 is 64.3. The highest BCUT2D eigenvalue weighted by Gasteiger charge is 2.12. The highest BCUT2D eigenvalue weighted by Crippen LogP contribution is 2.21. The number of hydrogen-bond acceptors (Lipinski definition) is 2. The van der Waals surface area contributed by atoms with E-state index in [0.717, 1.165) is 12.1 Å². The number of aromatic nitrogens is 1. The van der Waals surface area contributed by atoms with E-state index in [1.807, 2.05) is 0 Å². The summed E-state index contributed by atoms with van der Waals surface area (Å²) in [7, 11) is 0. The summed E-state index contributed by atoms with van der Waals surface area (Å²) in [6, 6.07) is 2.59. The van der Waals surface area contributed by atoms with Crippen molar-refractivity contribution in [3.63, 3.8) is 0 Å². The molecule has 0 saturated carbocycles. The molecule has 18 heavy (non-hydrogen) atoms. The normalized spacial score (nSPS) is 10.5. The van der Waals surface area contributed by atoms with Crippen molar-refractivity contribution in [2.45, 2.75) is 0 Å². The molecule has 0 radical (unpaired) electrons. The molecule has 7 heteroatoms. The number of nitrogens with zero attached hydrogens (tertiary/aromatic N) is 1. The summed E-state index contributed by atoms with van der Waals surface area (Å²) in [4.78, 5) is 2.95. The lowest BCUT2D eigenvalue weighted by Gasteiger charge is -2.07. The first-order valence-electron chi connectivity index (χ1n) is 4.70. The van der Waals surface area contributed by atoms with Crippen molar-refractivity contribution in [1.82, 2.24) is 4.98 Å². The van der Waals surface area contributed by atoms with Gasteiger partial charge in [0.15, 0.2) is 17.5 Å². The molecular weight excluding hydrogens is 255 g/mol. The first-order chi connectivity index (χ1) is 8.45. The molecule has 1 aromatic heterocycles. The molecule has 0 fully saturated rings. The van der Waals surface area contributed by atoms with Gasteiger partial charge in [0.05, 0.1) is 0 Å². The van der Waals surface area contributed by atoms with Gasteiger partial charge in [-0.2, -0.15) is 9.37 Å². The zero-order valence-corrected chi connectivity index (χ0v) is 8.65. The van der Waals surface area contributed by atoms with E-state index in [4.69, 9.17) is 0 Å². The first kappa shape index (κ1) is 12.3. The van der Waals surface area contributed by atoms with Crippen molar-refractivity contribution >= 4 is 11.5 Å². The monoisotopic (exact) mass is 260 g/mol. The first-order valence-corrected chi connectivity index (χ1v) is 4.70. The molecule has 0 aliphatic heterocycles. The van der Waals surface area contributed by atoms with Crippen LogP contribution in [0.2, 0.25) is 0 Å². The van der Waals surface area contributed by atoms with Crippen LogP contribution in [0.4, 0.5) is 33.5 Å². The topological polar surface area (TPSA) is 24.9 Å². The van der Waals surface area contributed by atoms with Gasteiger partial charge >= 0.3 is 0 Å². The molecule has 0 atom stereocenters. The summed E-state index contributed by atoms with van der Waals surface area (Å²) in [6.45, 7) is 0. The molecule has 94 valence electrons. The highest BCUT2D eigenvalue weighted by molar-refractivity contribution is 5.56. The van der Waals surface area contributed by atoms with Crippen molar-refractivity contribution in [1.29, 1.82) is 0 Å². The van der Waals surface area contributed by atoms with Gasteiger partial charge in [0.25, 0.3) is 5.95 Å². The standard InChI is InChI=1S/C11H5F5N2/c12-5-1-6(13)3-7(2-5)17-11-9(15)4-8(14)10(16)18-11/h1-4H,(H,17,18). The maximum atomic E-state index is 13.2. The van der Waals surface area contributed by atoms with Gasteiger partial charge in [-0.15, -0.1) is 0 Å². The number of anilines is 2. The van der Waals surface area contributed by atoms with Crippen LogP contribution in [-0.2, 0) is 0 Å². The summed E-state index contributed by atoms with van der Waals surface area (Å²) in [5.74, 6) is -6.63. The third kappa shape index (κ3) is 2.55.